The zero-order valence-corrected chi connectivity index (χ0v) is 13.3. The van der Waals surface area contributed by atoms with Crippen molar-refractivity contribution in [3.63, 3.8) is 0 Å². The lowest BCUT2D eigenvalue weighted by Gasteiger charge is -2.09. The summed E-state index contributed by atoms with van der Waals surface area (Å²) in [5, 5.41) is 3.74. The Morgan fingerprint density at radius 2 is 1.80 bits per heavy atom. The highest BCUT2D eigenvalue weighted by Crippen LogP contribution is 2.28. The van der Waals surface area contributed by atoms with Crippen LogP contribution in [-0.4, -0.2) is 33.1 Å². The van der Waals surface area contributed by atoms with Crippen LogP contribution in [0.2, 0.25) is 0 Å². The van der Waals surface area contributed by atoms with Gasteiger partial charge in [-0.1, -0.05) is 5.16 Å². The Kier molecular flexibility index (Phi) is 6.94. The maximum Gasteiger partial charge on any atom is 0.387 e. The molecule has 0 amide bonds. The van der Waals surface area contributed by atoms with E-state index in [1.165, 1.54) is 55.8 Å². The van der Waals surface area contributed by atoms with Crippen LogP contribution in [0.4, 0.5) is 13.2 Å². The summed E-state index contributed by atoms with van der Waals surface area (Å²) >= 11 is 0. The minimum Gasteiger partial charge on any atom is -0.493 e. The number of hydrogen-bond acceptors (Lipinski definition) is 5. The summed E-state index contributed by atoms with van der Waals surface area (Å²) in [4.78, 5) is 5.03. The van der Waals surface area contributed by atoms with Crippen molar-refractivity contribution in [2.45, 2.75) is 6.61 Å². The first-order valence-electron chi connectivity index (χ1n) is 7.25. The van der Waals surface area contributed by atoms with Gasteiger partial charge < -0.3 is 19.0 Å². The second kappa shape index (κ2) is 9.41. The topological polar surface area (TPSA) is 49.3 Å². The number of hydrogen-bond donors (Lipinski definition) is 0. The van der Waals surface area contributed by atoms with E-state index in [2.05, 4.69) is 9.89 Å². The van der Waals surface area contributed by atoms with Crippen LogP contribution in [0.15, 0.2) is 47.6 Å². The molecule has 0 unspecified atom stereocenters. The molecule has 2 aromatic rings. The number of nitrogens with zero attached hydrogens (tertiary/aromatic N) is 1. The van der Waals surface area contributed by atoms with Crippen molar-refractivity contribution < 1.29 is 32.2 Å². The number of alkyl halides is 2. The monoisotopic (exact) mass is 355 g/mol. The van der Waals surface area contributed by atoms with Crippen molar-refractivity contribution in [3.05, 3.63) is 53.8 Å². The maximum absolute atomic E-state index is 12.7. The van der Waals surface area contributed by atoms with Gasteiger partial charge in [-0.05, 0) is 42.5 Å². The molecule has 0 aliphatic carbocycles. The van der Waals surface area contributed by atoms with Crippen molar-refractivity contribution in [2.75, 3.05) is 20.3 Å². The molecule has 0 aliphatic heterocycles. The predicted molar refractivity (Wildman–Crippen MR) is 85.1 cm³/mol. The second-order valence-electron chi connectivity index (χ2n) is 4.66. The SMILES string of the molecule is COc1cc(/C=N/OCCOc2ccc(F)cc2)ccc1OC(F)F. The molecule has 134 valence electrons. The van der Waals surface area contributed by atoms with Gasteiger partial charge in [0.2, 0.25) is 0 Å². The van der Waals surface area contributed by atoms with E-state index in [-0.39, 0.29) is 30.5 Å². The smallest absolute Gasteiger partial charge is 0.387 e. The summed E-state index contributed by atoms with van der Waals surface area (Å²) in [5.74, 6) is 0.272. The first-order chi connectivity index (χ1) is 12.1. The van der Waals surface area contributed by atoms with E-state index < -0.39 is 6.61 Å². The van der Waals surface area contributed by atoms with Gasteiger partial charge in [-0.25, -0.2) is 4.39 Å². The number of oxime groups is 1. The molecule has 0 saturated carbocycles. The average molecular weight is 355 g/mol. The fourth-order valence-corrected chi connectivity index (χ4v) is 1.84. The van der Waals surface area contributed by atoms with Gasteiger partial charge >= 0.3 is 6.61 Å². The number of halogens is 3. The zero-order chi connectivity index (χ0) is 18.1. The number of rotatable bonds is 9. The van der Waals surface area contributed by atoms with Gasteiger partial charge in [-0.2, -0.15) is 8.78 Å². The van der Waals surface area contributed by atoms with Gasteiger partial charge in [-0.3, -0.25) is 0 Å². The lowest BCUT2D eigenvalue weighted by Crippen LogP contribution is -2.04. The molecule has 2 rings (SSSR count). The van der Waals surface area contributed by atoms with Crippen molar-refractivity contribution in [3.8, 4) is 17.2 Å². The summed E-state index contributed by atoms with van der Waals surface area (Å²) in [6, 6.07) is 9.97. The van der Waals surface area contributed by atoms with Crippen LogP contribution in [0, 0.1) is 5.82 Å². The molecule has 0 N–H and O–H groups in total. The van der Waals surface area contributed by atoms with Gasteiger partial charge in [0.05, 0.1) is 13.3 Å². The quantitative estimate of drug-likeness (QED) is 0.389. The molecule has 0 aliphatic rings. The summed E-state index contributed by atoms with van der Waals surface area (Å²) in [5.41, 5.74) is 0.581. The van der Waals surface area contributed by atoms with Crippen LogP contribution in [0.5, 0.6) is 17.2 Å². The van der Waals surface area contributed by atoms with E-state index in [0.717, 1.165) is 0 Å². The van der Waals surface area contributed by atoms with E-state index in [9.17, 15) is 13.2 Å². The molecular formula is C17H16F3NO4. The molecule has 0 fully saturated rings. The summed E-state index contributed by atoms with van der Waals surface area (Å²) in [6.45, 7) is -2.52. The molecule has 0 aromatic heterocycles. The average Bonchev–Trinajstić information content (AvgIpc) is 2.60. The fourth-order valence-electron chi connectivity index (χ4n) is 1.84. The molecule has 0 saturated heterocycles. The number of ether oxygens (including phenoxy) is 3. The van der Waals surface area contributed by atoms with Gasteiger partial charge in [0, 0.05) is 5.56 Å². The molecule has 5 nitrogen and oxygen atoms in total. The summed E-state index contributed by atoms with van der Waals surface area (Å²) < 4.78 is 51.9. The second-order valence-corrected chi connectivity index (χ2v) is 4.66. The Morgan fingerprint density at radius 1 is 1.04 bits per heavy atom. The third-order valence-electron chi connectivity index (χ3n) is 2.94. The van der Waals surface area contributed by atoms with E-state index in [1.807, 2.05) is 0 Å². The predicted octanol–water partition coefficient (Wildman–Crippen LogP) is 3.87. The molecule has 0 heterocycles. The Labute approximate surface area is 142 Å². The number of methoxy groups -OCH3 is 1. The summed E-state index contributed by atoms with van der Waals surface area (Å²) in [7, 11) is 1.35. The first kappa shape index (κ1) is 18.4. The lowest BCUT2D eigenvalue weighted by molar-refractivity contribution is -0.0512. The Balaban J connectivity index is 1.78. The maximum atomic E-state index is 12.7. The third-order valence-corrected chi connectivity index (χ3v) is 2.94. The molecule has 0 bridgehead atoms. The van der Waals surface area contributed by atoms with Crippen LogP contribution < -0.4 is 14.2 Å². The minimum absolute atomic E-state index is 0.0664. The van der Waals surface area contributed by atoms with Crippen LogP contribution in [0.25, 0.3) is 0 Å². The van der Waals surface area contributed by atoms with Gasteiger partial charge in [0.25, 0.3) is 0 Å². The molecule has 8 heteroatoms. The highest BCUT2D eigenvalue weighted by Gasteiger charge is 2.10. The zero-order valence-electron chi connectivity index (χ0n) is 13.3. The van der Waals surface area contributed by atoms with Crippen molar-refractivity contribution in [1.29, 1.82) is 0 Å². The Morgan fingerprint density at radius 3 is 2.48 bits per heavy atom. The normalized spacial score (nSPS) is 10.9. The van der Waals surface area contributed by atoms with Gasteiger partial charge in [0.1, 0.15) is 18.2 Å². The largest absolute Gasteiger partial charge is 0.493 e. The van der Waals surface area contributed by atoms with Crippen LogP contribution in [-0.2, 0) is 4.84 Å². The van der Waals surface area contributed by atoms with E-state index in [4.69, 9.17) is 14.3 Å². The Hall–Kier alpha value is -2.90. The molecule has 25 heavy (non-hydrogen) atoms. The van der Waals surface area contributed by atoms with Gasteiger partial charge in [-0.15, -0.1) is 0 Å². The minimum atomic E-state index is -2.93. The van der Waals surface area contributed by atoms with Crippen LogP contribution in [0.3, 0.4) is 0 Å². The summed E-state index contributed by atoms with van der Waals surface area (Å²) in [6.07, 6.45) is 1.40. The number of benzene rings is 2. The van der Waals surface area contributed by atoms with Crippen LogP contribution in [0.1, 0.15) is 5.56 Å². The highest BCUT2D eigenvalue weighted by molar-refractivity contribution is 5.80. The Bertz CT molecular complexity index is 693. The van der Waals surface area contributed by atoms with Crippen molar-refractivity contribution in [1.82, 2.24) is 0 Å². The lowest BCUT2D eigenvalue weighted by atomic mass is 10.2. The molecule has 2 aromatic carbocycles. The molecular weight excluding hydrogens is 339 g/mol. The molecule has 0 radical (unpaired) electrons. The fraction of sp³-hybridized carbons (Fsp3) is 0.235. The van der Waals surface area contributed by atoms with Crippen molar-refractivity contribution >= 4 is 6.21 Å². The molecule has 0 atom stereocenters. The first-order valence-corrected chi connectivity index (χ1v) is 7.25. The molecule has 0 spiro atoms. The third kappa shape index (κ3) is 6.25. The van der Waals surface area contributed by atoms with Crippen LogP contribution >= 0.6 is 0 Å². The van der Waals surface area contributed by atoms with E-state index in [1.54, 1.807) is 0 Å². The van der Waals surface area contributed by atoms with E-state index >= 15 is 0 Å². The van der Waals surface area contributed by atoms with Gasteiger partial charge in [0.15, 0.2) is 18.1 Å². The standard InChI is InChI=1S/C17H16F3NO4/c1-22-16-10-12(2-7-15(16)25-17(19)20)11-21-24-9-8-23-14-5-3-13(18)4-6-14/h2-7,10-11,17H,8-9H2,1H3/b21-11+. The highest BCUT2D eigenvalue weighted by atomic mass is 19.3. The van der Waals surface area contributed by atoms with E-state index in [0.29, 0.717) is 11.3 Å². The van der Waals surface area contributed by atoms with Crippen molar-refractivity contribution in [2.24, 2.45) is 5.16 Å².